The largest absolute Gasteiger partial charge is 0.348 e. The highest BCUT2D eigenvalue weighted by molar-refractivity contribution is 7.92. The molecule has 3 aromatic rings. The van der Waals surface area contributed by atoms with E-state index in [4.69, 9.17) is 23.2 Å². The van der Waals surface area contributed by atoms with E-state index < -0.39 is 22.5 Å². The minimum atomic E-state index is -4.07. The Kier molecular flexibility index (Phi) is 7.82. The smallest absolute Gasteiger partial charge is 0.264 e. The number of carbonyl (C=O) groups excluding carboxylic acids is 1. The number of sulfonamides is 1. The molecule has 0 aliphatic heterocycles. The second-order valence-corrected chi connectivity index (χ2v) is 9.98. The van der Waals surface area contributed by atoms with Crippen molar-refractivity contribution in [3.63, 3.8) is 0 Å². The van der Waals surface area contributed by atoms with Crippen molar-refractivity contribution < 1.29 is 13.2 Å². The number of hydrogen-bond acceptors (Lipinski definition) is 3. The molecule has 0 aromatic heterocycles. The minimum Gasteiger partial charge on any atom is -0.348 e. The summed E-state index contributed by atoms with van der Waals surface area (Å²) in [5, 5.41) is 3.20. The first-order chi connectivity index (χ1) is 15.2. The predicted octanol–water partition coefficient (Wildman–Crippen LogP) is 5.76. The first kappa shape index (κ1) is 24.1. The number of halogens is 2. The molecule has 0 spiro atoms. The van der Waals surface area contributed by atoms with E-state index in [0.717, 1.165) is 15.4 Å². The predicted molar refractivity (Wildman–Crippen MR) is 130 cm³/mol. The maximum Gasteiger partial charge on any atom is 0.264 e. The Bertz CT molecular complexity index is 1180. The molecule has 0 aliphatic carbocycles. The first-order valence-corrected chi connectivity index (χ1v) is 12.3. The van der Waals surface area contributed by atoms with Gasteiger partial charge in [-0.15, -0.1) is 0 Å². The number of hydrogen-bond donors (Lipinski definition) is 1. The summed E-state index contributed by atoms with van der Waals surface area (Å²) < 4.78 is 27.9. The van der Waals surface area contributed by atoms with Crippen LogP contribution >= 0.6 is 23.2 Å². The molecule has 0 saturated carbocycles. The van der Waals surface area contributed by atoms with E-state index in [1.807, 2.05) is 38.1 Å². The summed E-state index contributed by atoms with van der Waals surface area (Å²) >= 11 is 12.5. The van der Waals surface area contributed by atoms with Crippen LogP contribution in [-0.2, 0) is 14.8 Å². The van der Waals surface area contributed by atoms with Crippen molar-refractivity contribution in [2.75, 3.05) is 10.8 Å². The monoisotopic (exact) mass is 490 g/mol. The number of anilines is 1. The summed E-state index contributed by atoms with van der Waals surface area (Å²) in [6.07, 6.45) is 0.651. The van der Waals surface area contributed by atoms with E-state index in [9.17, 15) is 13.2 Å². The molecule has 0 fully saturated rings. The van der Waals surface area contributed by atoms with Gasteiger partial charge in [0.2, 0.25) is 5.91 Å². The lowest BCUT2D eigenvalue weighted by Gasteiger charge is -2.26. The molecule has 5 nitrogen and oxygen atoms in total. The lowest BCUT2D eigenvalue weighted by molar-refractivity contribution is -0.120. The van der Waals surface area contributed by atoms with E-state index in [1.165, 1.54) is 18.2 Å². The Morgan fingerprint density at radius 2 is 1.62 bits per heavy atom. The highest BCUT2D eigenvalue weighted by Crippen LogP contribution is 2.35. The van der Waals surface area contributed by atoms with Gasteiger partial charge in [-0.1, -0.05) is 84.2 Å². The Labute approximate surface area is 199 Å². The van der Waals surface area contributed by atoms with Crippen LogP contribution in [0.3, 0.4) is 0 Å². The van der Waals surface area contributed by atoms with Crippen molar-refractivity contribution in [3.8, 4) is 0 Å². The van der Waals surface area contributed by atoms with Gasteiger partial charge in [0.15, 0.2) is 0 Å². The van der Waals surface area contributed by atoms with Gasteiger partial charge in [0.05, 0.1) is 26.7 Å². The average molecular weight is 491 g/mol. The molecule has 0 heterocycles. The molecule has 1 N–H and O–H groups in total. The van der Waals surface area contributed by atoms with Gasteiger partial charge >= 0.3 is 0 Å². The molecule has 0 bridgehead atoms. The molecular formula is C24H24Cl2N2O3S. The van der Waals surface area contributed by atoms with Crippen molar-refractivity contribution >= 4 is 44.8 Å². The number of aryl methyl sites for hydroxylation is 1. The van der Waals surface area contributed by atoms with Crippen LogP contribution in [0.2, 0.25) is 10.0 Å². The van der Waals surface area contributed by atoms with Gasteiger partial charge in [-0.2, -0.15) is 0 Å². The summed E-state index contributed by atoms with van der Waals surface area (Å²) in [6, 6.07) is 20.2. The van der Waals surface area contributed by atoms with Gasteiger partial charge in [0.1, 0.15) is 6.54 Å². The van der Waals surface area contributed by atoms with Gasteiger partial charge in [-0.3, -0.25) is 9.10 Å². The van der Waals surface area contributed by atoms with Crippen LogP contribution in [0.25, 0.3) is 0 Å². The third kappa shape index (κ3) is 5.44. The molecule has 3 aromatic carbocycles. The van der Waals surface area contributed by atoms with Crippen LogP contribution in [0.5, 0.6) is 0 Å². The Morgan fingerprint density at radius 3 is 2.25 bits per heavy atom. The molecule has 8 heteroatoms. The quantitative estimate of drug-likeness (QED) is 0.436. The van der Waals surface area contributed by atoms with Gasteiger partial charge in [-0.25, -0.2) is 8.42 Å². The van der Waals surface area contributed by atoms with Crippen LogP contribution in [0, 0.1) is 6.92 Å². The lowest BCUT2D eigenvalue weighted by atomic mass is 10.0. The third-order valence-electron chi connectivity index (χ3n) is 5.04. The average Bonchev–Trinajstić information content (AvgIpc) is 2.79. The molecule has 0 unspecified atom stereocenters. The van der Waals surface area contributed by atoms with Gasteiger partial charge in [0.25, 0.3) is 10.0 Å². The van der Waals surface area contributed by atoms with Crippen LogP contribution in [0.15, 0.2) is 77.7 Å². The SMILES string of the molecule is CC[C@@H](NC(=O)CN(c1cccc(Cl)c1Cl)S(=O)(=O)c1ccccc1)c1ccc(C)cc1. The van der Waals surface area contributed by atoms with Gasteiger partial charge < -0.3 is 5.32 Å². The Morgan fingerprint density at radius 1 is 0.969 bits per heavy atom. The van der Waals surface area contributed by atoms with Crippen molar-refractivity contribution in [2.45, 2.75) is 31.2 Å². The molecule has 0 saturated heterocycles. The topological polar surface area (TPSA) is 66.5 Å². The summed E-state index contributed by atoms with van der Waals surface area (Å²) in [6.45, 7) is 3.50. The van der Waals surface area contributed by atoms with Crippen molar-refractivity contribution in [1.29, 1.82) is 0 Å². The summed E-state index contributed by atoms with van der Waals surface area (Å²) in [7, 11) is -4.07. The first-order valence-electron chi connectivity index (χ1n) is 10.1. The molecule has 0 radical (unpaired) electrons. The highest BCUT2D eigenvalue weighted by atomic mass is 35.5. The Hall–Kier alpha value is -2.54. The zero-order chi connectivity index (χ0) is 23.3. The maximum atomic E-state index is 13.4. The zero-order valence-corrected chi connectivity index (χ0v) is 20.1. The van der Waals surface area contributed by atoms with E-state index in [0.29, 0.717) is 6.42 Å². The van der Waals surface area contributed by atoms with E-state index in [1.54, 1.807) is 30.3 Å². The van der Waals surface area contributed by atoms with Crippen LogP contribution in [0.4, 0.5) is 5.69 Å². The number of nitrogens with one attached hydrogen (secondary N) is 1. The van der Waals surface area contributed by atoms with E-state index >= 15 is 0 Å². The molecular weight excluding hydrogens is 467 g/mol. The molecule has 1 atom stereocenters. The summed E-state index contributed by atoms with van der Waals surface area (Å²) in [5.74, 6) is -0.451. The minimum absolute atomic E-state index is 0.0504. The lowest BCUT2D eigenvalue weighted by Crippen LogP contribution is -2.42. The summed E-state index contributed by atoms with van der Waals surface area (Å²) in [5.41, 5.74) is 2.21. The van der Waals surface area contributed by atoms with E-state index in [-0.39, 0.29) is 26.7 Å². The van der Waals surface area contributed by atoms with Crippen molar-refractivity contribution in [3.05, 3.63) is 94.0 Å². The van der Waals surface area contributed by atoms with Gasteiger partial charge in [-0.05, 0) is 43.2 Å². The fourth-order valence-corrected chi connectivity index (χ4v) is 5.20. The van der Waals surface area contributed by atoms with Crippen LogP contribution in [0.1, 0.15) is 30.5 Å². The van der Waals surface area contributed by atoms with Crippen LogP contribution < -0.4 is 9.62 Å². The second-order valence-electron chi connectivity index (χ2n) is 7.34. The summed E-state index contributed by atoms with van der Waals surface area (Å²) in [4.78, 5) is 13.1. The van der Waals surface area contributed by atoms with Crippen molar-refractivity contribution in [1.82, 2.24) is 5.32 Å². The van der Waals surface area contributed by atoms with E-state index in [2.05, 4.69) is 5.32 Å². The Balaban J connectivity index is 1.94. The maximum absolute atomic E-state index is 13.4. The molecule has 1 amide bonds. The molecule has 168 valence electrons. The standard InChI is InChI=1S/C24H24Cl2N2O3S/c1-3-21(18-14-12-17(2)13-15-18)27-23(29)16-28(22-11-7-10-20(25)24(22)26)32(30,31)19-8-5-4-6-9-19/h4-15,21H,3,16H2,1-2H3,(H,27,29)/t21-/m1/s1. The number of carbonyl (C=O) groups is 1. The zero-order valence-electron chi connectivity index (χ0n) is 17.8. The van der Waals surface area contributed by atoms with Crippen LogP contribution in [-0.4, -0.2) is 20.9 Å². The fourth-order valence-electron chi connectivity index (χ4n) is 3.29. The second kappa shape index (κ2) is 10.4. The number of rotatable bonds is 8. The molecule has 0 aliphatic rings. The third-order valence-corrected chi connectivity index (χ3v) is 7.62. The highest BCUT2D eigenvalue weighted by Gasteiger charge is 2.29. The number of amides is 1. The number of benzene rings is 3. The number of nitrogens with zero attached hydrogens (tertiary/aromatic N) is 1. The molecule has 3 rings (SSSR count). The fraction of sp³-hybridized carbons (Fsp3) is 0.208. The van der Waals surface area contributed by atoms with Gasteiger partial charge in [0, 0.05) is 0 Å². The normalized spacial score (nSPS) is 12.2. The molecule has 32 heavy (non-hydrogen) atoms. The van der Waals surface area contributed by atoms with Crippen molar-refractivity contribution in [2.24, 2.45) is 0 Å².